The van der Waals surface area contributed by atoms with E-state index in [1.807, 2.05) is 24.3 Å². The molecule has 2 aromatic carbocycles. The lowest BCUT2D eigenvalue weighted by atomic mass is 9.94. The van der Waals surface area contributed by atoms with Crippen LogP contribution in [0.3, 0.4) is 0 Å². The van der Waals surface area contributed by atoms with E-state index in [2.05, 4.69) is 20.9 Å². The summed E-state index contributed by atoms with van der Waals surface area (Å²) in [6, 6.07) is 11.0. The third kappa shape index (κ3) is 3.01. The monoisotopic (exact) mass is 383 g/mol. The third-order valence-corrected chi connectivity index (χ3v) is 4.98. The van der Waals surface area contributed by atoms with Crippen molar-refractivity contribution < 1.29 is 9.59 Å². The zero-order chi connectivity index (χ0) is 16.4. The van der Waals surface area contributed by atoms with Gasteiger partial charge in [-0.05, 0) is 17.9 Å². The highest BCUT2D eigenvalue weighted by atomic mass is 79.9. The van der Waals surface area contributed by atoms with Gasteiger partial charge in [0.15, 0.2) is 11.6 Å². The van der Waals surface area contributed by atoms with E-state index in [1.54, 1.807) is 17.6 Å². The standard InChI is InChI=1S/C17H11BBrNO2S/c18-7-14(21)11-3-1-10(2-4-11)12-5-6-13(15(22)8-19)17-16(12)20-9-23-17/h1-6,9H,7-8H2. The quantitative estimate of drug-likeness (QED) is 0.374. The Morgan fingerprint density at radius 3 is 2.48 bits per heavy atom. The van der Waals surface area contributed by atoms with Crippen molar-refractivity contribution in [2.24, 2.45) is 0 Å². The van der Waals surface area contributed by atoms with Crippen LogP contribution in [0.1, 0.15) is 20.7 Å². The van der Waals surface area contributed by atoms with E-state index in [0.717, 1.165) is 21.3 Å². The summed E-state index contributed by atoms with van der Waals surface area (Å²) in [7, 11) is 5.38. The van der Waals surface area contributed by atoms with Crippen molar-refractivity contribution in [1.82, 2.24) is 4.98 Å². The average molecular weight is 384 g/mol. The van der Waals surface area contributed by atoms with Crippen molar-refractivity contribution in [1.29, 1.82) is 0 Å². The first-order valence-corrected chi connectivity index (χ1v) is 8.95. The minimum absolute atomic E-state index is 0.000961. The zero-order valence-corrected chi connectivity index (χ0v) is 14.5. The Labute approximate surface area is 147 Å². The highest BCUT2D eigenvalue weighted by Gasteiger charge is 2.15. The fraction of sp³-hybridized carbons (Fsp3) is 0.118. The minimum Gasteiger partial charge on any atom is -0.295 e. The molecule has 3 aromatic rings. The van der Waals surface area contributed by atoms with Crippen molar-refractivity contribution >= 4 is 56.9 Å². The summed E-state index contributed by atoms with van der Waals surface area (Å²) < 4.78 is 0.883. The molecule has 3 rings (SSSR count). The van der Waals surface area contributed by atoms with Gasteiger partial charge < -0.3 is 0 Å². The maximum atomic E-state index is 12.0. The fourth-order valence-electron chi connectivity index (χ4n) is 2.43. The molecule has 112 valence electrons. The lowest BCUT2D eigenvalue weighted by Gasteiger charge is -2.07. The summed E-state index contributed by atoms with van der Waals surface area (Å²) in [5.74, 6) is -0.0525. The molecule has 0 bridgehead atoms. The summed E-state index contributed by atoms with van der Waals surface area (Å²) in [4.78, 5) is 28.0. The number of thiazole rings is 1. The van der Waals surface area contributed by atoms with Gasteiger partial charge in [-0.15, -0.1) is 11.3 Å². The van der Waals surface area contributed by atoms with E-state index < -0.39 is 0 Å². The first-order chi connectivity index (χ1) is 11.2. The molecule has 1 aromatic heterocycles. The third-order valence-electron chi connectivity index (χ3n) is 3.61. The summed E-state index contributed by atoms with van der Waals surface area (Å²) in [6.45, 7) is 0. The van der Waals surface area contributed by atoms with E-state index in [1.165, 1.54) is 11.3 Å². The Balaban J connectivity index is 2.09. The van der Waals surface area contributed by atoms with E-state index in [9.17, 15) is 9.59 Å². The predicted molar refractivity (Wildman–Crippen MR) is 98.1 cm³/mol. The summed E-state index contributed by atoms with van der Waals surface area (Å²) in [5.41, 5.74) is 5.71. The van der Waals surface area contributed by atoms with E-state index in [-0.39, 0.29) is 23.2 Å². The molecule has 3 nitrogen and oxygen atoms in total. The van der Waals surface area contributed by atoms with Crippen LogP contribution < -0.4 is 0 Å². The number of halogens is 1. The smallest absolute Gasteiger partial charge is 0.174 e. The first kappa shape index (κ1) is 16.1. The van der Waals surface area contributed by atoms with Crippen LogP contribution in [0.4, 0.5) is 0 Å². The van der Waals surface area contributed by atoms with E-state index in [0.29, 0.717) is 11.1 Å². The summed E-state index contributed by atoms with van der Waals surface area (Å²) >= 11 is 4.66. The predicted octanol–water partition coefficient (Wildman–Crippen LogP) is 4.31. The highest BCUT2D eigenvalue weighted by Crippen LogP contribution is 2.33. The van der Waals surface area contributed by atoms with Crippen LogP contribution in [0.5, 0.6) is 0 Å². The molecule has 23 heavy (non-hydrogen) atoms. The molecule has 0 N–H and O–H groups in total. The number of nitrogens with zero attached hydrogens (tertiary/aromatic N) is 1. The maximum Gasteiger partial charge on any atom is 0.174 e. The SMILES string of the molecule is [B]CC(=O)c1ccc(-c2ccc(C(=O)CBr)c3scnc23)cc1. The van der Waals surface area contributed by atoms with Crippen LogP contribution in [0, 0.1) is 0 Å². The fourth-order valence-corrected chi connectivity index (χ4v) is 3.58. The number of fused-ring (bicyclic) bond motifs is 1. The van der Waals surface area contributed by atoms with Crippen LogP contribution in [0.25, 0.3) is 21.3 Å². The second kappa shape index (κ2) is 6.77. The normalized spacial score (nSPS) is 10.8. The van der Waals surface area contributed by atoms with Gasteiger partial charge in [-0.1, -0.05) is 46.3 Å². The Morgan fingerprint density at radius 2 is 1.83 bits per heavy atom. The lowest BCUT2D eigenvalue weighted by Crippen LogP contribution is -2.00. The van der Waals surface area contributed by atoms with E-state index in [4.69, 9.17) is 7.85 Å². The molecule has 0 aliphatic carbocycles. The van der Waals surface area contributed by atoms with Gasteiger partial charge in [0.2, 0.25) is 0 Å². The van der Waals surface area contributed by atoms with Crippen LogP contribution in [0.15, 0.2) is 41.9 Å². The van der Waals surface area contributed by atoms with Gasteiger partial charge in [0.1, 0.15) is 0 Å². The van der Waals surface area contributed by atoms with Gasteiger partial charge >= 0.3 is 0 Å². The van der Waals surface area contributed by atoms with Gasteiger partial charge in [0.25, 0.3) is 0 Å². The second-order valence-electron chi connectivity index (χ2n) is 4.95. The summed E-state index contributed by atoms with van der Waals surface area (Å²) in [6.07, 6.45) is -0.000961. The highest BCUT2D eigenvalue weighted by molar-refractivity contribution is 9.09. The Hall–Kier alpha value is -1.79. The van der Waals surface area contributed by atoms with Gasteiger partial charge in [0, 0.05) is 16.7 Å². The minimum atomic E-state index is -0.0892. The molecule has 0 aliphatic rings. The molecule has 0 saturated carbocycles. The molecular formula is C17H11BBrNO2S. The Kier molecular flexibility index (Phi) is 4.73. The number of benzene rings is 2. The molecule has 0 unspecified atom stereocenters. The number of hydrogen-bond donors (Lipinski definition) is 0. The van der Waals surface area contributed by atoms with Crippen LogP contribution in [0.2, 0.25) is 6.32 Å². The Morgan fingerprint density at radius 1 is 1.09 bits per heavy atom. The topological polar surface area (TPSA) is 47.0 Å². The molecule has 2 radical (unpaired) electrons. The molecule has 6 heteroatoms. The Bertz CT molecular complexity index is 889. The molecule has 0 atom stereocenters. The number of carbonyl (C=O) groups is 2. The van der Waals surface area contributed by atoms with E-state index >= 15 is 0 Å². The van der Waals surface area contributed by atoms with Crippen molar-refractivity contribution in [3.8, 4) is 11.1 Å². The van der Waals surface area contributed by atoms with Gasteiger partial charge in [-0.25, -0.2) is 4.98 Å². The van der Waals surface area contributed by atoms with Crippen LogP contribution >= 0.6 is 27.3 Å². The number of alkyl halides is 1. The molecule has 0 spiro atoms. The molecule has 0 fully saturated rings. The number of ketones is 2. The largest absolute Gasteiger partial charge is 0.295 e. The first-order valence-electron chi connectivity index (χ1n) is 6.94. The number of carbonyl (C=O) groups excluding carboxylic acids is 2. The molecular weight excluding hydrogens is 373 g/mol. The second-order valence-corrected chi connectivity index (χ2v) is 6.37. The molecule has 0 aliphatic heterocycles. The average Bonchev–Trinajstić information content (AvgIpc) is 3.09. The lowest BCUT2D eigenvalue weighted by molar-refractivity contribution is 0.101. The maximum absolute atomic E-state index is 12.0. The number of aromatic nitrogens is 1. The van der Waals surface area contributed by atoms with Gasteiger partial charge in [-0.3, -0.25) is 9.59 Å². The molecule has 1 heterocycles. The molecule has 0 saturated heterocycles. The van der Waals surface area contributed by atoms with Crippen molar-refractivity contribution in [3.05, 3.63) is 53.0 Å². The van der Waals surface area contributed by atoms with Gasteiger partial charge in [0.05, 0.1) is 28.9 Å². The zero-order valence-electron chi connectivity index (χ0n) is 12.1. The van der Waals surface area contributed by atoms with Crippen molar-refractivity contribution in [2.75, 3.05) is 5.33 Å². The van der Waals surface area contributed by atoms with Crippen molar-refractivity contribution in [2.45, 2.75) is 6.32 Å². The number of hydrogen-bond acceptors (Lipinski definition) is 4. The van der Waals surface area contributed by atoms with Crippen LogP contribution in [-0.2, 0) is 0 Å². The van der Waals surface area contributed by atoms with Crippen LogP contribution in [-0.4, -0.2) is 29.7 Å². The van der Waals surface area contributed by atoms with Gasteiger partial charge in [-0.2, -0.15) is 0 Å². The van der Waals surface area contributed by atoms with Crippen molar-refractivity contribution in [3.63, 3.8) is 0 Å². The summed E-state index contributed by atoms with van der Waals surface area (Å²) in [5, 5.41) is 0.287. The number of rotatable bonds is 5. The number of Topliss-reactive ketones (excluding diaryl/α,β-unsaturated/α-hetero) is 2. The molecule has 0 amide bonds.